The first-order valence-electron chi connectivity index (χ1n) is 7.58. The van der Waals surface area contributed by atoms with Crippen molar-refractivity contribution in [1.82, 2.24) is 5.16 Å². The molecule has 1 atom stereocenters. The van der Waals surface area contributed by atoms with Crippen LogP contribution in [0, 0.1) is 11.6 Å². The van der Waals surface area contributed by atoms with E-state index in [4.69, 9.17) is 14.0 Å². The lowest BCUT2D eigenvalue weighted by molar-refractivity contribution is -0.0467. The van der Waals surface area contributed by atoms with Crippen LogP contribution in [0.5, 0.6) is 0 Å². The summed E-state index contributed by atoms with van der Waals surface area (Å²) in [7, 11) is 0. The topological polar surface area (TPSA) is 64.8 Å². The van der Waals surface area contributed by atoms with E-state index in [0.29, 0.717) is 19.8 Å². The Labute approximate surface area is 140 Å². The van der Waals surface area contributed by atoms with Gasteiger partial charge in [-0.25, -0.2) is 4.39 Å². The van der Waals surface area contributed by atoms with Crippen molar-refractivity contribution < 1.29 is 27.6 Å². The molecule has 0 unspecified atom stereocenters. The molecular weight excluding hydrogens is 342 g/mol. The summed E-state index contributed by atoms with van der Waals surface area (Å²) in [4.78, 5) is 13.6. The molecule has 0 N–H and O–H groups in total. The Kier molecular flexibility index (Phi) is 3.93. The summed E-state index contributed by atoms with van der Waals surface area (Å²) in [6.45, 7) is 3.04. The molecule has 1 aromatic carbocycles. The summed E-state index contributed by atoms with van der Waals surface area (Å²) in [5.74, 6) is -2.06. The quantitative estimate of drug-likeness (QED) is 0.837. The number of halogens is 2. The lowest BCUT2D eigenvalue weighted by atomic mass is 10.1. The van der Waals surface area contributed by atoms with Gasteiger partial charge in [-0.1, -0.05) is 23.8 Å². The second-order valence-electron chi connectivity index (χ2n) is 5.57. The predicted octanol–water partition coefficient (Wildman–Crippen LogP) is 3.60. The largest absolute Gasteiger partial charge is 0.351 e. The Morgan fingerprint density at radius 3 is 2.75 bits per heavy atom. The fraction of sp³-hybridized carbons (Fsp3) is 0.467. The highest BCUT2D eigenvalue weighted by molar-refractivity contribution is 8.14. The average molecular weight is 356 g/mol. The molecule has 4 rings (SSSR count). The van der Waals surface area contributed by atoms with Crippen LogP contribution in [-0.4, -0.2) is 35.4 Å². The summed E-state index contributed by atoms with van der Waals surface area (Å²) in [5.41, 5.74) is -0.379. The van der Waals surface area contributed by atoms with Crippen LogP contribution in [-0.2, 0) is 9.47 Å². The molecule has 24 heavy (non-hydrogen) atoms. The molecule has 3 heterocycles. The van der Waals surface area contributed by atoms with E-state index in [9.17, 15) is 13.6 Å². The van der Waals surface area contributed by atoms with Gasteiger partial charge in [0, 0.05) is 17.4 Å². The van der Waals surface area contributed by atoms with Crippen LogP contribution in [0.2, 0.25) is 0 Å². The van der Waals surface area contributed by atoms with Gasteiger partial charge in [0.05, 0.1) is 18.6 Å². The molecule has 6 nitrogen and oxygen atoms in total. The Hall–Kier alpha value is -1.71. The molecule has 2 aliphatic rings. The Morgan fingerprint density at radius 1 is 1.33 bits per heavy atom. The molecule has 2 aromatic rings. The van der Waals surface area contributed by atoms with E-state index in [1.165, 1.54) is 22.7 Å². The van der Waals surface area contributed by atoms with Crippen molar-refractivity contribution in [2.24, 2.45) is 0 Å². The molecule has 0 radical (unpaired) electrons. The number of hydrogen-bond donors (Lipinski definition) is 0. The van der Waals surface area contributed by atoms with E-state index in [1.807, 2.05) is 6.92 Å². The van der Waals surface area contributed by atoms with Crippen LogP contribution < -0.4 is 4.90 Å². The maximum atomic E-state index is 14.3. The standard InChI is InChI=1S/C15H14F2N2O4S/c1-2-7-6-19(15(20)24-7)13-9-5-8(14-21-3-4-22-14)10(16)11(17)12(9)23-18-13/h5,7,14H,2-4,6H2,1H3/t7-/m0/s1. The fourth-order valence-corrected chi connectivity index (χ4v) is 3.80. The van der Waals surface area contributed by atoms with Gasteiger partial charge < -0.3 is 14.0 Å². The third-order valence-electron chi connectivity index (χ3n) is 4.12. The minimum Gasteiger partial charge on any atom is -0.351 e. The molecule has 9 heteroatoms. The number of carbonyl (C=O) groups is 1. The van der Waals surface area contributed by atoms with E-state index in [1.54, 1.807) is 0 Å². The van der Waals surface area contributed by atoms with E-state index in [2.05, 4.69) is 5.16 Å². The SMILES string of the molecule is CC[C@H]1CN(c2noc3c(F)c(F)c(C4OCCO4)cc23)C(=O)S1. The van der Waals surface area contributed by atoms with Gasteiger partial charge in [-0.15, -0.1) is 0 Å². The first-order chi connectivity index (χ1) is 11.6. The summed E-state index contributed by atoms with van der Waals surface area (Å²) in [5, 5.41) is 3.98. The van der Waals surface area contributed by atoms with Crippen molar-refractivity contribution in [1.29, 1.82) is 0 Å². The number of amides is 1. The number of thioether (sulfide) groups is 1. The number of anilines is 1. The van der Waals surface area contributed by atoms with Gasteiger partial charge in [0.2, 0.25) is 11.4 Å². The lowest BCUT2D eigenvalue weighted by Gasteiger charge is -2.13. The number of carbonyl (C=O) groups excluding carboxylic acids is 1. The fourth-order valence-electron chi connectivity index (χ4n) is 2.83. The summed E-state index contributed by atoms with van der Waals surface area (Å²) in [6.07, 6.45) is -0.153. The second-order valence-corrected chi connectivity index (χ2v) is 6.83. The highest BCUT2D eigenvalue weighted by atomic mass is 32.2. The van der Waals surface area contributed by atoms with Crippen molar-refractivity contribution in [2.75, 3.05) is 24.7 Å². The first-order valence-corrected chi connectivity index (χ1v) is 8.46. The Balaban J connectivity index is 1.82. The van der Waals surface area contributed by atoms with Gasteiger partial charge in [-0.3, -0.25) is 9.69 Å². The van der Waals surface area contributed by atoms with E-state index in [0.717, 1.165) is 6.42 Å². The van der Waals surface area contributed by atoms with Gasteiger partial charge >= 0.3 is 0 Å². The number of nitrogens with zero attached hydrogens (tertiary/aromatic N) is 2. The monoisotopic (exact) mass is 356 g/mol. The van der Waals surface area contributed by atoms with Crippen LogP contribution in [0.15, 0.2) is 10.6 Å². The molecule has 2 aliphatic heterocycles. The van der Waals surface area contributed by atoms with Gasteiger partial charge in [0.25, 0.3) is 5.24 Å². The van der Waals surface area contributed by atoms with Gasteiger partial charge in [0.1, 0.15) is 0 Å². The highest BCUT2D eigenvalue weighted by Crippen LogP contribution is 2.39. The van der Waals surface area contributed by atoms with Crippen LogP contribution >= 0.6 is 11.8 Å². The van der Waals surface area contributed by atoms with Crippen molar-refractivity contribution in [3.8, 4) is 0 Å². The number of hydrogen-bond acceptors (Lipinski definition) is 6. The maximum Gasteiger partial charge on any atom is 0.287 e. The van der Waals surface area contributed by atoms with Crippen molar-refractivity contribution in [2.45, 2.75) is 24.9 Å². The lowest BCUT2D eigenvalue weighted by Crippen LogP contribution is -2.24. The summed E-state index contributed by atoms with van der Waals surface area (Å²) >= 11 is 1.21. The molecule has 128 valence electrons. The Bertz CT molecular complexity index is 806. The zero-order valence-electron chi connectivity index (χ0n) is 12.8. The summed E-state index contributed by atoms with van der Waals surface area (Å²) < 4.78 is 44.1. The van der Waals surface area contributed by atoms with Gasteiger partial charge in [-0.2, -0.15) is 4.39 Å². The molecule has 0 aliphatic carbocycles. The van der Waals surface area contributed by atoms with Crippen LogP contribution in [0.25, 0.3) is 11.0 Å². The number of aromatic nitrogens is 1. The van der Waals surface area contributed by atoms with Crippen LogP contribution in [0.1, 0.15) is 25.2 Å². The number of ether oxygens (including phenoxy) is 2. The molecular formula is C15H14F2N2O4S. The highest BCUT2D eigenvalue weighted by Gasteiger charge is 2.35. The number of benzene rings is 1. The second kappa shape index (κ2) is 5.98. The van der Waals surface area contributed by atoms with Crippen molar-refractivity contribution >= 4 is 33.8 Å². The molecule has 1 aromatic heterocycles. The molecule has 2 saturated heterocycles. The third-order valence-corrected chi connectivity index (χ3v) is 5.35. The van der Waals surface area contributed by atoms with Crippen LogP contribution in [0.3, 0.4) is 0 Å². The Morgan fingerprint density at radius 2 is 2.08 bits per heavy atom. The first kappa shape index (κ1) is 15.8. The molecule has 2 fully saturated rings. The van der Waals surface area contributed by atoms with E-state index >= 15 is 0 Å². The maximum absolute atomic E-state index is 14.3. The summed E-state index contributed by atoms with van der Waals surface area (Å²) in [6, 6.07) is 1.38. The number of fused-ring (bicyclic) bond motifs is 1. The number of rotatable bonds is 3. The third kappa shape index (κ3) is 2.38. The zero-order chi connectivity index (χ0) is 16.8. The van der Waals surface area contributed by atoms with Crippen molar-refractivity contribution in [3.05, 3.63) is 23.3 Å². The van der Waals surface area contributed by atoms with Gasteiger partial charge in [-0.05, 0) is 12.5 Å². The molecule has 0 saturated carbocycles. The van der Waals surface area contributed by atoms with Crippen molar-refractivity contribution in [3.63, 3.8) is 0 Å². The van der Waals surface area contributed by atoms with Crippen LogP contribution in [0.4, 0.5) is 19.4 Å². The zero-order valence-corrected chi connectivity index (χ0v) is 13.6. The minimum absolute atomic E-state index is 0.0618. The molecule has 1 amide bonds. The van der Waals surface area contributed by atoms with Gasteiger partial charge in [0.15, 0.2) is 17.9 Å². The molecule has 0 bridgehead atoms. The molecule has 0 spiro atoms. The van der Waals surface area contributed by atoms with E-state index < -0.39 is 17.9 Å². The minimum atomic E-state index is -1.16. The normalized spacial score (nSPS) is 22.2. The predicted molar refractivity (Wildman–Crippen MR) is 83.0 cm³/mol. The van der Waals surface area contributed by atoms with E-state index in [-0.39, 0.29) is 32.8 Å². The average Bonchev–Trinajstić information content (AvgIpc) is 3.29. The smallest absolute Gasteiger partial charge is 0.287 e.